The van der Waals surface area contributed by atoms with Crippen LogP contribution in [0.15, 0.2) is 48.5 Å². The summed E-state index contributed by atoms with van der Waals surface area (Å²) in [5.74, 6) is 0.654. The van der Waals surface area contributed by atoms with E-state index in [4.69, 9.17) is 16.3 Å². The van der Waals surface area contributed by atoms with Crippen LogP contribution in [-0.2, 0) is 0 Å². The Balaban J connectivity index is 1.41. The number of hydrogen-bond donors (Lipinski definition) is 3. The molecule has 3 N–H and O–H groups in total. The zero-order valence-corrected chi connectivity index (χ0v) is 16.5. The van der Waals surface area contributed by atoms with Crippen molar-refractivity contribution in [3.63, 3.8) is 0 Å². The molecule has 1 aliphatic rings. The van der Waals surface area contributed by atoms with Crippen LogP contribution >= 0.6 is 11.6 Å². The molecule has 0 aliphatic carbocycles. The Bertz CT molecular complexity index is 746. The van der Waals surface area contributed by atoms with Crippen LogP contribution in [-0.4, -0.2) is 48.4 Å². The molecule has 1 aliphatic heterocycles. The molecule has 2 aromatic carbocycles. The molecule has 1 fully saturated rings. The van der Waals surface area contributed by atoms with E-state index in [0.29, 0.717) is 28.7 Å². The van der Waals surface area contributed by atoms with Crippen molar-refractivity contribution in [1.29, 1.82) is 0 Å². The number of aliphatic hydroxyl groups is 1. The average Bonchev–Trinajstić information content (AvgIpc) is 2.70. The number of urea groups is 1. The molecule has 1 saturated heterocycles. The number of benzene rings is 2. The SMILES string of the molecule is O=C(Nc1ccc(Cl)cc1)Nc1ccc(OC[C@H](O)CN2CCCCC2)cc1. The van der Waals surface area contributed by atoms with Gasteiger partial charge in [-0.25, -0.2) is 4.79 Å². The Morgan fingerprint density at radius 2 is 1.57 bits per heavy atom. The third-order valence-corrected chi connectivity index (χ3v) is 4.83. The maximum Gasteiger partial charge on any atom is 0.323 e. The van der Waals surface area contributed by atoms with E-state index >= 15 is 0 Å². The highest BCUT2D eigenvalue weighted by atomic mass is 35.5. The predicted octanol–water partition coefficient (Wildman–Crippen LogP) is 4.21. The highest BCUT2D eigenvalue weighted by molar-refractivity contribution is 6.30. The average molecular weight is 404 g/mol. The Kier molecular flexibility index (Phi) is 7.54. The van der Waals surface area contributed by atoms with Crippen molar-refractivity contribution in [2.75, 3.05) is 36.9 Å². The summed E-state index contributed by atoms with van der Waals surface area (Å²) in [4.78, 5) is 14.3. The number of carbonyl (C=O) groups excluding carboxylic acids is 1. The van der Waals surface area contributed by atoms with Crippen LogP contribution in [0.3, 0.4) is 0 Å². The second-order valence-corrected chi connectivity index (χ2v) is 7.37. The first kappa shape index (κ1) is 20.5. The van der Waals surface area contributed by atoms with E-state index in [9.17, 15) is 9.90 Å². The molecule has 0 bridgehead atoms. The lowest BCUT2D eigenvalue weighted by molar-refractivity contribution is 0.0617. The summed E-state index contributed by atoms with van der Waals surface area (Å²) >= 11 is 5.83. The number of β-amino-alcohol motifs (C(OH)–C–C–N with tert-alkyl or cyclic N) is 1. The van der Waals surface area contributed by atoms with Gasteiger partial charge < -0.3 is 25.4 Å². The molecular formula is C21H26ClN3O3. The van der Waals surface area contributed by atoms with E-state index < -0.39 is 6.10 Å². The standard InChI is InChI=1S/C21H26ClN3O3/c22-16-4-6-17(7-5-16)23-21(27)24-18-8-10-20(11-9-18)28-15-19(26)14-25-12-2-1-3-13-25/h4-11,19,26H,1-3,12-15H2,(H2,23,24,27)/t19-/m1/s1. The van der Waals surface area contributed by atoms with E-state index in [1.165, 1.54) is 19.3 Å². The van der Waals surface area contributed by atoms with E-state index in [0.717, 1.165) is 13.1 Å². The first-order chi connectivity index (χ1) is 13.6. The molecule has 0 unspecified atom stereocenters. The Morgan fingerprint density at radius 1 is 1.00 bits per heavy atom. The van der Waals surface area contributed by atoms with Crippen molar-refractivity contribution < 1.29 is 14.6 Å². The van der Waals surface area contributed by atoms with Crippen molar-refractivity contribution in [2.24, 2.45) is 0 Å². The fraction of sp³-hybridized carbons (Fsp3) is 0.381. The minimum atomic E-state index is -0.513. The lowest BCUT2D eigenvalue weighted by atomic mass is 10.1. The maximum atomic E-state index is 12.0. The molecule has 1 heterocycles. The third-order valence-electron chi connectivity index (χ3n) is 4.57. The summed E-state index contributed by atoms with van der Waals surface area (Å²) in [6.07, 6.45) is 3.17. The highest BCUT2D eigenvalue weighted by Gasteiger charge is 2.15. The summed E-state index contributed by atoms with van der Waals surface area (Å²) < 4.78 is 5.66. The summed E-state index contributed by atoms with van der Waals surface area (Å²) in [6.45, 7) is 3.00. The number of nitrogens with zero attached hydrogens (tertiary/aromatic N) is 1. The number of amides is 2. The molecule has 0 aromatic heterocycles. The molecule has 2 aromatic rings. The van der Waals surface area contributed by atoms with Crippen molar-refractivity contribution in [3.8, 4) is 5.75 Å². The van der Waals surface area contributed by atoms with Crippen LogP contribution < -0.4 is 15.4 Å². The van der Waals surface area contributed by atoms with Gasteiger partial charge in [0.1, 0.15) is 18.5 Å². The van der Waals surface area contributed by atoms with Gasteiger partial charge in [-0.15, -0.1) is 0 Å². The zero-order valence-electron chi connectivity index (χ0n) is 15.7. The highest BCUT2D eigenvalue weighted by Crippen LogP contribution is 2.18. The minimum Gasteiger partial charge on any atom is -0.491 e. The number of rotatable bonds is 7. The van der Waals surface area contributed by atoms with Gasteiger partial charge in [0.15, 0.2) is 0 Å². The van der Waals surface area contributed by atoms with Gasteiger partial charge in [-0.2, -0.15) is 0 Å². The predicted molar refractivity (Wildman–Crippen MR) is 112 cm³/mol. The van der Waals surface area contributed by atoms with Crippen LogP contribution in [0.4, 0.5) is 16.2 Å². The molecular weight excluding hydrogens is 378 g/mol. The molecule has 0 radical (unpaired) electrons. The molecule has 0 saturated carbocycles. The van der Waals surface area contributed by atoms with Crippen molar-refractivity contribution in [1.82, 2.24) is 4.90 Å². The Morgan fingerprint density at radius 3 is 2.18 bits per heavy atom. The monoisotopic (exact) mass is 403 g/mol. The number of ether oxygens (including phenoxy) is 1. The molecule has 1 atom stereocenters. The lowest BCUT2D eigenvalue weighted by Gasteiger charge is -2.28. The number of aliphatic hydroxyl groups excluding tert-OH is 1. The fourth-order valence-electron chi connectivity index (χ4n) is 3.15. The number of halogens is 1. The van der Waals surface area contributed by atoms with Gasteiger partial charge >= 0.3 is 6.03 Å². The van der Waals surface area contributed by atoms with Crippen LogP contribution in [0, 0.1) is 0 Å². The number of piperidine rings is 1. The number of hydrogen-bond acceptors (Lipinski definition) is 4. The summed E-state index contributed by atoms with van der Waals surface area (Å²) in [6, 6.07) is 13.6. The second-order valence-electron chi connectivity index (χ2n) is 6.94. The molecule has 7 heteroatoms. The molecule has 150 valence electrons. The molecule has 6 nitrogen and oxygen atoms in total. The first-order valence-corrected chi connectivity index (χ1v) is 9.93. The normalized spacial score (nSPS) is 15.6. The van der Waals surface area contributed by atoms with Gasteiger partial charge in [0.05, 0.1) is 0 Å². The number of likely N-dealkylation sites (tertiary alicyclic amines) is 1. The van der Waals surface area contributed by atoms with E-state index in [2.05, 4.69) is 15.5 Å². The van der Waals surface area contributed by atoms with E-state index in [-0.39, 0.29) is 12.6 Å². The molecule has 0 spiro atoms. The summed E-state index contributed by atoms with van der Waals surface area (Å²) in [5, 5.41) is 16.3. The van der Waals surface area contributed by atoms with Crippen LogP contribution in [0.2, 0.25) is 5.02 Å². The van der Waals surface area contributed by atoms with Gasteiger partial charge in [0.25, 0.3) is 0 Å². The summed E-state index contributed by atoms with van der Waals surface area (Å²) in [7, 11) is 0. The van der Waals surface area contributed by atoms with Crippen molar-refractivity contribution in [3.05, 3.63) is 53.6 Å². The number of nitrogens with one attached hydrogen (secondary N) is 2. The van der Waals surface area contributed by atoms with Gasteiger partial charge in [0, 0.05) is 22.9 Å². The van der Waals surface area contributed by atoms with Crippen LogP contribution in [0.25, 0.3) is 0 Å². The number of anilines is 2. The largest absolute Gasteiger partial charge is 0.491 e. The second kappa shape index (κ2) is 10.3. The van der Waals surface area contributed by atoms with Crippen molar-refractivity contribution >= 4 is 29.0 Å². The van der Waals surface area contributed by atoms with Gasteiger partial charge in [0.2, 0.25) is 0 Å². The third kappa shape index (κ3) is 6.71. The molecule has 3 rings (SSSR count). The van der Waals surface area contributed by atoms with Gasteiger partial charge in [-0.3, -0.25) is 0 Å². The van der Waals surface area contributed by atoms with Crippen LogP contribution in [0.1, 0.15) is 19.3 Å². The first-order valence-electron chi connectivity index (χ1n) is 9.55. The summed E-state index contributed by atoms with van der Waals surface area (Å²) in [5.41, 5.74) is 1.30. The Hall–Kier alpha value is -2.28. The Labute approximate surface area is 170 Å². The van der Waals surface area contributed by atoms with Crippen molar-refractivity contribution in [2.45, 2.75) is 25.4 Å². The minimum absolute atomic E-state index is 0.250. The van der Waals surface area contributed by atoms with Gasteiger partial charge in [-0.1, -0.05) is 18.0 Å². The zero-order chi connectivity index (χ0) is 19.8. The topological polar surface area (TPSA) is 73.8 Å². The quantitative estimate of drug-likeness (QED) is 0.647. The maximum absolute atomic E-state index is 12.0. The molecule has 2 amide bonds. The lowest BCUT2D eigenvalue weighted by Crippen LogP contribution is -2.38. The smallest absolute Gasteiger partial charge is 0.323 e. The number of carbonyl (C=O) groups is 1. The van der Waals surface area contributed by atoms with Crippen LogP contribution in [0.5, 0.6) is 5.75 Å². The van der Waals surface area contributed by atoms with Gasteiger partial charge in [-0.05, 0) is 74.5 Å². The van der Waals surface area contributed by atoms with E-state index in [1.54, 1.807) is 48.5 Å². The fourth-order valence-corrected chi connectivity index (χ4v) is 3.27. The van der Waals surface area contributed by atoms with E-state index in [1.807, 2.05) is 0 Å². The molecule has 28 heavy (non-hydrogen) atoms.